The molecule has 0 saturated heterocycles. The van der Waals surface area contributed by atoms with Crippen LogP contribution in [0.1, 0.15) is 34.4 Å². The first kappa shape index (κ1) is 14.5. The van der Waals surface area contributed by atoms with Crippen molar-refractivity contribution >= 4 is 43.5 Å². The predicted molar refractivity (Wildman–Crippen MR) is 194 cm³/mol. The van der Waals surface area contributed by atoms with Crippen LogP contribution in [0, 0.1) is 0 Å². The summed E-state index contributed by atoms with van der Waals surface area (Å²) < 4.78 is 158. The van der Waals surface area contributed by atoms with Gasteiger partial charge in [0, 0.05) is 16.3 Å². The molecule has 0 fully saturated rings. The minimum Gasteiger partial charge on any atom is -0.455 e. The number of furan rings is 1. The van der Waals surface area contributed by atoms with Crippen LogP contribution in [0.5, 0.6) is 0 Å². The number of fused-ring (bicyclic) bond motifs is 5. The average Bonchev–Trinajstić information content (AvgIpc) is 3.67. The maximum atomic E-state index is 9.53. The van der Waals surface area contributed by atoms with Gasteiger partial charge in [-0.2, -0.15) is 0 Å². The predicted octanol–water partition coefficient (Wildman–Crippen LogP) is 12.5. The van der Waals surface area contributed by atoms with Crippen LogP contribution in [0.25, 0.3) is 76.9 Å². The summed E-state index contributed by atoms with van der Waals surface area (Å²) in [4.78, 5) is 0. The standard InChI is InChI=1S/C45H30O/c1-3-12-30(13-4-1)28-41-36-16-7-9-18-38(36)44(39-19-10-8-17-37(39)41)33-24-22-32(23-25-33)35-20-11-21-40-42-29-34(31-14-5-2-6-15-31)26-27-43(42)46-45(35)40/h1-27,29H,28H2/i1D,3D,4D,7D,8D,9D,10D,12D,13D,16D,17D,18D,19D,22D,23D,24D,25D. The highest BCUT2D eigenvalue weighted by atomic mass is 16.3. The normalized spacial score (nSPS) is 16.7. The Morgan fingerprint density at radius 3 is 1.83 bits per heavy atom. The molecule has 0 amide bonds. The van der Waals surface area contributed by atoms with Crippen molar-refractivity contribution in [2.75, 3.05) is 0 Å². The molecule has 0 radical (unpaired) electrons. The highest BCUT2D eigenvalue weighted by Gasteiger charge is 2.17. The van der Waals surface area contributed by atoms with Gasteiger partial charge in [0.15, 0.2) is 0 Å². The van der Waals surface area contributed by atoms with Crippen LogP contribution in [0.3, 0.4) is 0 Å². The van der Waals surface area contributed by atoms with Crippen molar-refractivity contribution in [1.29, 1.82) is 0 Å². The van der Waals surface area contributed by atoms with Gasteiger partial charge in [0.1, 0.15) is 11.2 Å². The fourth-order valence-corrected chi connectivity index (χ4v) is 6.05. The molecular formula is C45H30O. The second-order valence-corrected chi connectivity index (χ2v) is 10.7. The third-order valence-electron chi connectivity index (χ3n) is 8.13. The molecule has 46 heavy (non-hydrogen) atoms. The molecule has 1 nitrogen and oxygen atoms in total. The van der Waals surface area contributed by atoms with E-state index in [1.165, 1.54) is 0 Å². The Hall–Kier alpha value is -5.92. The first-order chi connectivity index (χ1) is 29.9. The van der Waals surface area contributed by atoms with Gasteiger partial charge in [0.2, 0.25) is 0 Å². The van der Waals surface area contributed by atoms with Crippen LogP contribution < -0.4 is 0 Å². The van der Waals surface area contributed by atoms with E-state index >= 15 is 0 Å². The molecule has 9 aromatic rings. The van der Waals surface area contributed by atoms with Crippen molar-refractivity contribution in [3.8, 4) is 33.4 Å². The number of para-hydroxylation sites is 1. The molecule has 1 heterocycles. The van der Waals surface area contributed by atoms with Crippen LogP contribution in [-0.4, -0.2) is 0 Å². The minimum atomic E-state index is -0.776. The van der Waals surface area contributed by atoms with Crippen molar-refractivity contribution in [3.63, 3.8) is 0 Å². The van der Waals surface area contributed by atoms with E-state index in [1.807, 2.05) is 48.5 Å². The van der Waals surface area contributed by atoms with Crippen molar-refractivity contribution in [3.05, 3.63) is 181 Å². The maximum absolute atomic E-state index is 9.53. The molecule has 1 heteroatoms. The highest BCUT2D eigenvalue weighted by Crippen LogP contribution is 2.42. The minimum absolute atomic E-state index is 0.156. The Kier molecular flexibility index (Phi) is 3.43. The number of hydrogen-bond acceptors (Lipinski definition) is 1. The quantitative estimate of drug-likeness (QED) is 0.178. The molecule has 0 spiro atoms. The van der Waals surface area contributed by atoms with Gasteiger partial charge in [-0.1, -0.05) is 157 Å². The lowest BCUT2D eigenvalue weighted by Crippen LogP contribution is -1.95. The molecule has 0 bridgehead atoms. The third kappa shape index (κ3) is 4.40. The summed E-state index contributed by atoms with van der Waals surface area (Å²) in [5, 5.41) is -0.164. The number of benzene rings is 8. The van der Waals surface area contributed by atoms with E-state index in [9.17, 15) is 11.0 Å². The molecular weight excluding hydrogens is 556 g/mol. The summed E-state index contributed by atoms with van der Waals surface area (Å²) in [6.07, 6.45) is -0.657. The first-order valence-corrected chi connectivity index (χ1v) is 14.5. The summed E-state index contributed by atoms with van der Waals surface area (Å²) in [6, 6.07) is 8.63. The monoisotopic (exact) mass is 603 g/mol. The number of hydrogen-bond donors (Lipinski definition) is 0. The lowest BCUT2D eigenvalue weighted by atomic mass is 9.86. The van der Waals surface area contributed by atoms with Crippen molar-refractivity contribution < 1.29 is 27.7 Å². The SMILES string of the molecule is [2H]c1c([2H])c([2H])c(Cc2c3c([2H])c([2H])c([2H])c([2H])c3c(-c3c([2H])c([2H])c(-c4cccc5c4oc4ccc(-c6ccccc6)cc45)c([2H])c3[2H])c3c([2H])c([2H])c([2H])c([2H])c23)c([2H])c1[2H]. The average molecular weight is 604 g/mol. The summed E-state index contributed by atoms with van der Waals surface area (Å²) >= 11 is 0. The van der Waals surface area contributed by atoms with E-state index in [4.69, 9.17) is 16.8 Å². The zero-order valence-electron chi connectivity index (χ0n) is 41.0. The Balaban J connectivity index is 1.40. The van der Waals surface area contributed by atoms with Gasteiger partial charge in [-0.25, -0.2) is 0 Å². The lowest BCUT2D eigenvalue weighted by molar-refractivity contribution is 0.670. The van der Waals surface area contributed by atoms with E-state index in [0.717, 1.165) is 16.5 Å². The Morgan fingerprint density at radius 2 is 1.11 bits per heavy atom. The topological polar surface area (TPSA) is 13.1 Å². The maximum Gasteiger partial charge on any atom is 0.143 e. The van der Waals surface area contributed by atoms with E-state index in [0.29, 0.717) is 11.0 Å². The lowest BCUT2D eigenvalue weighted by Gasteiger charge is -2.18. The zero-order chi connectivity index (χ0) is 45.2. The van der Waals surface area contributed by atoms with Gasteiger partial charge in [0.05, 0.1) is 23.3 Å². The molecule has 0 aliphatic rings. The van der Waals surface area contributed by atoms with E-state index in [1.54, 1.807) is 18.2 Å². The molecule has 1 aromatic heterocycles. The fourth-order valence-electron chi connectivity index (χ4n) is 6.05. The summed E-state index contributed by atoms with van der Waals surface area (Å²) in [6.45, 7) is 0. The number of rotatable bonds is 5. The molecule has 0 atom stereocenters. The molecule has 216 valence electrons. The molecule has 0 unspecified atom stereocenters. The highest BCUT2D eigenvalue weighted by molar-refractivity contribution is 6.15. The van der Waals surface area contributed by atoms with Crippen LogP contribution in [0.15, 0.2) is 174 Å². The van der Waals surface area contributed by atoms with Gasteiger partial charge in [-0.05, 0) is 79.0 Å². The fraction of sp³-hybridized carbons (Fsp3) is 0.0222. The largest absolute Gasteiger partial charge is 0.455 e. The van der Waals surface area contributed by atoms with Crippen molar-refractivity contribution in [2.45, 2.75) is 6.42 Å². The van der Waals surface area contributed by atoms with E-state index in [-0.39, 0.29) is 38.6 Å². The second kappa shape index (κ2) is 10.9. The van der Waals surface area contributed by atoms with Crippen LogP contribution in [-0.2, 0) is 6.42 Å². The molecule has 0 N–H and O–H groups in total. The van der Waals surface area contributed by atoms with Crippen molar-refractivity contribution in [2.24, 2.45) is 0 Å². The summed E-state index contributed by atoms with van der Waals surface area (Å²) in [7, 11) is 0. The van der Waals surface area contributed by atoms with Gasteiger partial charge in [0.25, 0.3) is 0 Å². The molecule has 0 aliphatic carbocycles. The van der Waals surface area contributed by atoms with E-state index in [2.05, 4.69) is 0 Å². The van der Waals surface area contributed by atoms with E-state index < -0.39 is 131 Å². The third-order valence-corrected chi connectivity index (χ3v) is 8.13. The second-order valence-electron chi connectivity index (χ2n) is 10.7. The van der Waals surface area contributed by atoms with Crippen LogP contribution in [0.4, 0.5) is 0 Å². The van der Waals surface area contributed by atoms with Gasteiger partial charge >= 0.3 is 0 Å². The Morgan fingerprint density at radius 1 is 0.457 bits per heavy atom. The Labute approximate surface area is 291 Å². The zero-order valence-corrected chi connectivity index (χ0v) is 24.0. The van der Waals surface area contributed by atoms with Gasteiger partial charge in [-0.3, -0.25) is 0 Å². The molecule has 8 aromatic carbocycles. The van der Waals surface area contributed by atoms with Gasteiger partial charge < -0.3 is 4.42 Å². The van der Waals surface area contributed by atoms with Crippen LogP contribution >= 0.6 is 0 Å². The molecule has 9 rings (SSSR count). The van der Waals surface area contributed by atoms with Crippen LogP contribution in [0.2, 0.25) is 0 Å². The summed E-state index contributed by atoms with van der Waals surface area (Å²) in [5.74, 6) is 0. The summed E-state index contributed by atoms with van der Waals surface area (Å²) in [5.41, 5.74) is 1.26. The van der Waals surface area contributed by atoms with Gasteiger partial charge in [-0.15, -0.1) is 0 Å². The Bertz CT molecular complexity index is 3370. The smallest absolute Gasteiger partial charge is 0.143 e. The molecule has 0 saturated carbocycles. The first-order valence-electron chi connectivity index (χ1n) is 23.0. The molecule has 0 aliphatic heterocycles. The van der Waals surface area contributed by atoms with Crippen molar-refractivity contribution in [1.82, 2.24) is 0 Å².